The molecule has 6 rings (SSSR count). The topological polar surface area (TPSA) is 104 Å². The molecular weight excluding hydrogens is 614 g/mol. The number of benzene rings is 2. The summed E-state index contributed by atoms with van der Waals surface area (Å²) in [5, 5.41) is 27.0. The summed E-state index contributed by atoms with van der Waals surface area (Å²) in [4.78, 5) is 6.98. The van der Waals surface area contributed by atoms with Gasteiger partial charge in [0.2, 0.25) is 0 Å². The van der Waals surface area contributed by atoms with Crippen molar-refractivity contribution in [2.45, 2.75) is 57.7 Å². The highest BCUT2D eigenvalue weighted by atomic mass is 35.5. The Morgan fingerprint density at radius 1 is 1.11 bits per heavy atom. The maximum atomic E-state index is 13.8. The molecule has 234 valence electrons. The molecule has 2 aromatic heterocycles. The zero-order valence-corrected chi connectivity index (χ0v) is 27.0. The molecule has 1 saturated heterocycles. The van der Waals surface area contributed by atoms with Crippen molar-refractivity contribution in [2.24, 2.45) is 0 Å². The van der Waals surface area contributed by atoms with E-state index in [1.54, 1.807) is 6.07 Å². The van der Waals surface area contributed by atoms with Gasteiger partial charge in [-0.2, -0.15) is 5.26 Å². The summed E-state index contributed by atoms with van der Waals surface area (Å²) in [7, 11) is 0. The Bertz CT molecular complexity index is 1790. The van der Waals surface area contributed by atoms with Gasteiger partial charge in [0.05, 0.1) is 58.3 Å². The molecule has 0 radical (unpaired) electrons. The van der Waals surface area contributed by atoms with Crippen LogP contribution in [-0.2, 0) is 4.74 Å². The number of piperidine rings is 1. The Morgan fingerprint density at radius 2 is 1.89 bits per heavy atom. The quantitative estimate of drug-likeness (QED) is 0.195. The maximum absolute atomic E-state index is 13.8. The number of rotatable bonds is 7. The van der Waals surface area contributed by atoms with Gasteiger partial charge in [0.1, 0.15) is 17.6 Å². The average Bonchev–Trinajstić information content (AvgIpc) is 3.52. The van der Waals surface area contributed by atoms with Gasteiger partial charge in [-0.15, -0.1) is 5.10 Å². The lowest BCUT2D eigenvalue weighted by atomic mass is 9.97. The van der Waals surface area contributed by atoms with E-state index < -0.39 is 5.82 Å². The molecule has 2 aromatic carbocycles. The van der Waals surface area contributed by atoms with Gasteiger partial charge < -0.3 is 15.4 Å². The van der Waals surface area contributed by atoms with Crippen LogP contribution in [0, 0.1) is 17.1 Å². The zero-order chi connectivity index (χ0) is 31.7. The fraction of sp³-hybridized carbons (Fsp3) is 0.394. The largest absolute Gasteiger partial charge is 0.377 e. The summed E-state index contributed by atoms with van der Waals surface area (Å²) in [6.07, 6.45) is 8.37. The normalized spacial score (nSPS) is 17.1. The molecule has 0 spiro atoms. The van der Waals surface area contributed by atoms with Crippen molar-refractivity contribution in [3.8, 4) is 6.07 Å². The second kappa shape index (κ2) is 12.9. The lowest BCUT2D eigenvalue weighted by molar-refractivity contribution is 0.0866. The molecule has 2 aliphatic rings. The summed E-state index contributed by atoms with van der Waals surface area (Å²) in [5.74, 6) is -0.530. The second-order valence-electron chi connectivity index (χ2n) is 12.5. The third-order valence-corrected chi connectivity index (χ3v) is 9.10. The number of aromatic nitrogens is 4. The van der Waals surface area contributed by atoms with E-state index in [0.717, 1.165) is 49.3 Å². The number of anilines is 3. The van der Waals surface area contributed by atoms with Gasteiger partial charge in [0.25, 0.3) is 0 Å². The van der Waals surface area contributed by atoms with Crippen LogP contribution in [0.2, 0.25) is 10.0 Å². The molecule has 1 atom stereocenters. The first-order valence-corrected chi connectivity index (χ1v) is 15.8. The molecule has 0 bridgehead atoms. The van der Waals surface area contributed by atoms with Gasteiger partial charge in [-0.1, -0.05) is 34.5 Å². The molecule has 0 saturated carbocycles. The second-order valence-corrected chi connectivity index (χ2v) is 13.3. The molecule has 4 aromatic rings. The summed E-state index contributed by atoms with van der Waals surface area (Å²) < 4.78 is 21.5. The van der Waals surface area contributed by atoms with E-state index in [-0.39, 0.29) is 22.6 Å². The Morgan fingerprint density at radius 3 is 2.58 bits per heavy atom. The lowest BCUT2D eigenvalue weighted by Gasteiger charge is -2.40. The van der Waals surface area contributed by atoms with E-state index in [1.807, 2.05) is 16.8 Å². The van der Waals surface area contributed by atoms with Crippen LogP contribution in [0.4, 0.5) is 21.5 Å². The number of pyridine rings is 1. The molecule has 4 heterocycles. The first-order valence-electron chi connectivity index (χ1n) is 15.0. The van der Waals surface area contributed by atoms with Crippen molar-refractivity contribution >= 4 is 51.2 Å². The van der Waals surface area contributed by atoms with E-state index >= 15 is 0 Å². The number of hydrogen-bond donors (Lipinski definition) is 2. The Labute approximate surface area is 272 Å². The van der Waals surface area contributed by atoms with E-state index in [9.17, 15) is 9.65 Å². The zero-order valence-electron chi connectivity index (χ0n) is 25.4. The summed E-state index contributed by atoms with van der Waals surface area (Å²) in [6.45, 7) is 9.94. The Kier molecular flexibility index (Phi) is 8.98. The fourth-order valence-electron chi connectivity index (χ4n) is 6.01. The third-order valence-electron chi connectivity index (χ3n) is 8.53. The highest BCUT2D eigenvalue weighted by Gasteiger charge is 2.29. The van der Waals surface area contributed by atoms with Gasteiger partial charge in [0, 0.05) is 41.6 Å². The monoisotopic (exact) mass is 648 g/mol. The van der Waals surface area contributed by atoms with Crippen LogP contribution in [0.5, 0.6) is 0 Å². The molecule has 45 heavy (non-hydrogen) atoms. The van der Waals surface area contributed by atoms with Gasteiger partial charge in [0.15, 0.2) is 0 Å². The van der Waals surface area contributed by atoms with Crippen molar-refractivity contribution in [3.05, 3.63) is 81.5 Å². The maximum Gasteiger partial charge on any atom is 0.141 e. The number of nitriles is 1. The van der Waals surface area contributed by atoms with Crippen LogP contribution in [-0.4, -0.2) is 56.7 Å². The third kappa shape index (κ3) is 6.77. The number of fused-ring (bicyclic) bond motifs is 1. The van der Waals surface area contributed by atoms with Crippen molar-refractivity contribution in [2.75, 3.05) is 36.9 Å². The number of hydrogen-bond acceptors (Lipinski definition) is 8. The van der Waals surface area contributed by atoms with Gasteiger partial charge in [-0.05, 0) is 75.9 Å². The average molecular weight is 650 g/mol. The first kappa shape index (κ1) is 31.2. The minimum atomic E-state index is -0.530. The Hall–Kier alpha value is -3.75. The van der Waals surface area contributed by atoms with E-state index in [2.05, 4.69) is 69.9 Å². The van der Waals surface area contributed by atoms with Crippen molar-refractivity contribution < 1.29 is 9.13 Å². The van der Waals surface area contributed by atoms with E-state index in [1.165, 1.54) is 18.3 Å². The van der Waals surface area contributed by atoms with Crippen molar-refractivity contribution in [1.29, 1.82) is 5.26 Å². The van der Waals surface area contributed by atoms with Gasteiger partial charge in [-0.3, -0.25) is 9.88 Å². The molecule has 0 aliphatic carbocycles. The number of nitrogens with one attached hydrogen (secondary N) is 2. The number of ether oxygens (including phenoxy) is 1. The minimum Gasteiger partial charge on any atom is -0.377 e. The molecular formula is C33H35Cl2FN8O. The predicted molar refractivity (Wildman–Crippen MR) is 176 cm³/mol. The fourth-order valence-corrected chi connectivity index (χ4v) is 6.46. The molecule has 2 aliphatic heterocycles. The molecule has 1 fully saturated rings. The molecule has 0 unspecified atom stereocenters. The summed E-state index contributed by atoms with van der Waals surface area (Å²) >= 11 is 12.8. The summed E-state index contributed by atoms with van der Waals surface area (Å²) in [6, 6.07) is 10.2. The van der Waals surface area contributed by atoms with Crippen LogP contribution in [0.25, 0.3) is 10.9 Å². The molecule has 0 amide bonds. The standard InChI is InChI=1S/C33H35Cl2FN8O/c1-33(2,3)43-10-6-24(7-11-43)44-19-29(41-42-44)31(20-8-12-45-13-9-20)40-23-14-25-30(39-22-4-5-28(36)26(34)15-22)21(17-37)18-38-32(25)27(35)16-23/h4-5,8,14-16,18-19,24,31,40H,6-7,9-13H2,1-3H3,(H,38,39)/t31-/m0/s1. The van der Waals surface area contributed by atoms with Gasteiger partial charge in [-0.25, -0.2) is 9.07 Å². The number of nitrogens with zero attached hydrogens (tertiary/aromatic N) is 6. The highest BCUT2D eigenvalue weighted by molar-refractivity contribution is 6.36. The Balaban J connectivity index is 1.33. The number of likely N-dealkylation sites (tertiary alicyclic amines) is 1. The molecule has 12 heteroatoms. The van der Waals surface area contributed by atoms with Crippen molar-refractivity contribution in [3.63, 3.8) is 0 Å². The van der Waals surface area contributed by atoms with Crippen LogP contribution in [0.15, 0.2) is 54.4 Å². The predicted octanol–water partition coefficient (Wildman–Crippen LogP) is 7.82. The van der Waals surface area contributed by atoms with Crippen LogP contribution >= 0.6 is 23.2 Å². The van der Waals surface area contributed by atoms with Crippen LogP contribution in [0.1, 0.15) is 63.4 Å². The minimum absolute atomic E-state index is 0.0300. The first-order chi connectivity index (χ1) is 21.6. The highest BCUT2D eigenvalue weighted by Crippen LogP contribution is 2.38. The number of halogens is 3. The SMILES string of the molecule is CC(C)(C)N1CCC(n2cc([C@@H](Nc3cc(Cl)c4ncc(C#N)c(Nc5ccc(F)c(Cl)c5)c4c3)C3=CCOCC3)nn2)CC1. The van der Waals surface area contributed by atoms with E-state index in [0.29, 0.717) is 46.1 Å². The molecule has 9 nitrogen and oxygen atoms in total. The smallest absolute Gasteiger partial charge is 0.141 e. The van der Waals surface area contributed by atoms with Crippen LogP contribution in [0.3, 0.4) is 0 Å². The van der Waals surface area contributed by atoms with Crippen LogP contribution < -0.4 is 10.6 Å². The lowest BCUT2D eigenvalue weighted by Crippen LogP contribution is -2.46. The summed E-state index contributed by atoms with van der Waals surface area (Å²) in [5.41, 5.74) is 4.66. The van der Waals surface area contributed by atoms with E-state index in [4.69, 9.17) is 27.9 Å². The molecule has 2 N–H and O–H groups in total. The van der Waals surface area contributed by atoms with Crippen molar-refractivity contribution in [1.82, 2.24) is 24.9 Å². The van der Waals surface area contributed by atoms with Gasteiger partial charge >= 0.3 is 0 Å².